The van der Waals surface area contributed by atoms with Gasteiger partial charge in [-0.2, -0.15) is 0 Å². The lowest BCUT2D eigenvalue weighted by Gasteiger charge is -2.26. The second-order valence-corrected chi connectivity index (χ2v) is 8.86. The summed E-state index contributed by atoms with van der Waals surface area (Å²) >= 11 is 0. The normalized spacial score (nSPS) is 16.5. The van der Waals surface area contributed by atoms with Gasteiger partial charge in [0, 0.05) is 24.5 Å². The number of hydrogen-bond acceptors (Lipinski definition) is 7. The fourth-order valence-electron chi connectivity index (χ4n) is 4.43. The molecule has 1 saturated heterocycles. The van der Waals surface area contributed by atoms with Crippen molar-refractivity contribution >= 4 is 17.4 Å². The maximum Gasteiger partial charge on any atom is 0.295 e. The molecule has 1 aliphatic heterocycles. The molecule has 2 aromatic carbocycles. The summed E-state index contributed by atoms with van der Waals surface area (Å²) in [7, 11) is 1.54. The monoisotopic (exact) mass is 516 g/mol. The van der Waals surface area contributed by atoms with Crippen molar-refractivity contribution in [3.63, 3.8) is 0 Å². The number of carbonyl (C=O) groups excluding carboxylic acids is 2. The van der Waals surface area contributed by atoms with Crippen LogP contribution in [0, 0.1) is 0 Å². The summed E-state index contributed by atoms with van der Waals surface area (Å²) in [5, 5.41) is 11.4. The number of aliphatic hydroxyl groups excluding tert-OH is 1. The van der Waals surface area contributed by atoms with Crippen LogP contribution in [-0.4, -0.2) is 47.0 Å². The number of nitrogens with zero attached hydrogens (tertiary/aromatic N) is 2. The van der Waals surface area contributed by atoms with E-state index in [0.29, 0.717) is 41.6 Å². The van der Waals surface area contributed by atoms with Gasteiger partial charge in [0.1, 0.15) is 11.5 Å². The van der Waals surface area contributed by atoms with E-state index in [2.05, 4.69) is 11.9 Å². The van der Waals surface area contributed by atoms with E-state index >= 15 is 0 Å². The summed E-state index contributed by atoms with van der Waals surface area (Å²) in [6.07, 6.45) is 5.18. The number of amides is 1. The Kier molecular flexibility index (Phi) is 8.63. The number of benzene rings is 2. The Bertz CT molecular complexity index is 1320. The fraction of sp³-hybridized carbons (Fsp3) is 0.300. The minimum atomic E-state index is -0.857. The minimum absolute atomic E-state index is 0.00533. The second-order valence-electron chi connectivity index (χ2n) is 8.86. The lowest BCUT2D eigenvalue weighted by atomic mass is 9.94. The number of rotatable bonds is 11. The summed E-state index contributed by atoms with van der Waals surface area (Å²) in [6, 6.07) is 14.9. The molecule has 1 aliphatic rings. The Morgan fingerprint density at radius 3 is 2.58 bits per heavy atom. The van der Waals surface area contributed by atoms with Gasteiger partial charge in [-0.25, -0.2) is 0 Å². The van der Waals surface area contributed by atoms with Crippen LogP contribution in [0.3, 0.4) is 0 Å². The van der Waals surface area contributed by atoms with Gasteiger partial charge in [0.05, 0.1) is 31.9 Å². The summed E-state index contributed by atoms with van der Waals surface area (Å²) < 4.78 is 17.0. The van der Waals surface area contributed by atoms with Crippen LogP contribution in [0.5, 0.6) is 17.2 Å². The predicted molar refractivity (Wildman–Crippen MR) is 143 cm³/mol. The first-order chi connectivity index (χ1) is 18.5. The fourth-order valence-corrected chi connectivity index (χ4v) is 4.43. The van der Waals surface area contributed by atoms with E-state index in [-0.39, 0.29) is 17.9 Å². The van der Waals surface area contributed by atoms with Crippen molar-refractivity contribution in [3.8, 4) is 17.2 Å². The molecular weight excluding hydrogens is 484 g/mol. The third-order valence-electron chi connectivity index (χ3n) is 6.29. The molecule has 1 unspecified atom stereocenters. The number of methoxy groups -OCH3 is 1. The maximum atomic E-state index is 13.4. The Hall–Kier alpha value is -4.33. The van der Waals surface area contributed by atoms with Gasteiger partial charge in [0.15, 0.2) is 11.5 Å². The third kappa shape index (κ3) is 5.64. The minimum Gasteiger partial charge on any atom is -0.507 e. The van der Waals surface area contributed by atoms with Gasteiger partial charge in [-0.15, -0.1) is 0 Å². The summed E-state index contributed by atoms with van der Waals surface area (Å²) in [5.41, 5.74) is 1.74. The topological polar surface area (TPSA) is 98.2 Å². The molecule has 8 heteroatoms. The highest BCUT2D eigenvalue weighted by Gasteiger charge is 2.46. The molecule has 0 saturated carbocycles. The van der Waals surface area contributed by atoms with Crippen LogP contribution in [0.1, 0.15) is 49.4 Å². The van der Waals surface area contributed by atoms with Crippen molar-refractivity contribution in [3.05, 3.63) is 89.3 Å². The van der Waals surface area contributed by atoms with E-state index in [1.165, 1.54) is 12.0 Å². The lowest BCUT2D eigenvalue weighted by Crippen LogP contribution is -2.29. The van der Waals surface area contributed by atoms with Crippen molar-refractivity contribution in [2.75, 3.05) is 20.3 Å². The van der Waals surface area contributed by atoms with E-state index < -0.39 is 17.7 Å². The Balaban J connectivity index is 1.83. The Morgan fingerprint density at radius 2 is 1.87 bits per heavy atom. The quantitative estimate of drug-likeness (QED) is 0.160. The molecule has 1 amide bonds. The van der Waals surface area contributed by atoms with Crippen LogP contribution in [-0.2, 0) is 16.1 Å². The van der Waals surface area contributed by atoms with Gasteiger partial charge in [-0.05, 0) is 54.8 Å². The highest BCUT2D eigenvalue weighted by Crippen LogP contribution is 2.43. The third-order valence-corrected chi connectivity index (χ3v) is 6.29. The predicted octanol–water partition coefficient (Wildman–Crippen LogP) is 5.29. The SMILES string of the molecule is CCCCOc1ccc(C2C(=C(O)c3cccc(OCC)c3)C(=O)C(=O)N2Cc2cccnc2)cc1OC. The molecule has 0 radical (unpaired) electrons. The molecule has 1 aromatic heterocycles. The number of ether oxygens (including phenoxy) is 3. The van der Waals surface area contributed by atoms with Crippen molar-refractivity contribution < 1.29 is 28.9 Å². The van der Waals surface area contributed by atoms with E-state index in [0.717, 1.165) is 18.4 Å². The number of likely N-dealkylation sites (tertiary alicyclic amines) is 1. The smallest absolute Gasteiger partial charge is 0.295 e. The second kappa shape index (κ2) is 12.3. The van der Waals surface area contributed by atoms with Crippen molar-refractivity contribution in [2.24, 2.45) is 0 Å². The molecule has 198 valence electrons. The van der Waals surface area contributed by atoms with Crippen LogP contribution >= 0.6 is 0 Å². The first-order valence-electron chi connectivity index (χ1n) is 12.7. The average molecular weight is 517 g/mol. The first-order valence-corrected chi connectivity index (χ1v) is 12.7. The van der Waals surface area contributed by atoms with E-state index in [9.17, 15) is 14.7 Å². The highest BCUT2D eigenvalue weighted by molar-refractivity contribution is 6.46. The van der Waals surface area contributed by atoms with Gasteiger partial charge >= 0.3 is 0 Å². The van der Waals surface area contributed by atoms with E-state index in [1.807, 2.05) is 13.0 Å². The number of carbonyl (C=O) groups is 2. The van der Waals surface area contributed by atoms with Gasteiger partial charge in [0.25, 0.3) is 11.7 Å². The number of Topliss-reactive ketones (excluding diaryl/α,β-unsaturated/α-hetero) is 1. The van der Waals surface area contributed by atoms with Gasteiger partial charge in [-0.1, -0.05) is 37.6 Å². The van der Waals surface area contributed by atoms with Gasteiger partial charge in [0.2, 0.25) is 0 Å². The van der Waals surface area contributed by atoms with E-state index in [1.54, 1.807) is 60.9 Å². The molecule has 3 aromatic rings. The molecule has 38 heavy (non-hydrogen) atoms. The van der Waals surface area contributed by atoms with Crippen LogP contribution in [0.4, 0.5) is 0 Å². The zero-order valence-corrected chi connectivity index (χ0v) is 21.8. The molecule has 0 aliphatic carbocycles. The molecule has 0 spiro atoms. The molecule has 4 rings (SSSR count). The number of aliphatic hydroxyl groups is 1. The standard InChI is InChI=1S/C30H32N2O6/c1-4-6-15-38-24-13-12-21(17-25(24)36-3)27-26(28(33)22-10-7-11-23(16-22)37-5-2)29(34)30(35)32(27)19-20-9-8-14-31-18-20/h7-14,16-18,27,33H,4-6,15,19H2,1-3H3. The highest BCUT2D eigenvalue weighted by atomic mass is 16.5. The number of unbranched alkanes of at least 4 members (excludes halogenated alkanes) is 1. The first kappa shape index (κ1) is 26.7. The Labute approximate surface area is 222 Å². The largest absolute Gasteiger partial charge is 0.507 e. The summed E-state index contributed by atoms with van der Waals surface area (Å²) in [5.74, 6) is -0.148. The van der Waals surface area contributed by atoms with Crippen LogP contribution in [0.25, 0.3) is 5.76 Å². The van der Waals surface area contributed by atoms with Crippen LogP contribution in [0.2, 0.25) is 0 Å². The molecule has 8 nitrogen and oxygen atoms in total. The van der Waals surface area contributed by atoms with Crippen molar-refractivity contribution in [2.45, 2.75) is 39.3 Å². The number of hydrogen-bond donors (Lipinski definition) is 1. The zero-order valence-electron chi connectivity index (χ0n) is 21.8. The summed E-state index contributed by atoms with van der Waals surface area (Å²) in [4.78, 5) is 32.3. The Morgan fingerprint density at radius 1 is 1.03 bits per heavy atom. The lowest BCUT2D eigenvalue weighted by molar-refractivity contribution is -0.140. The number of ketones is 1. The van der Waals surface area contributed by atoms with Gasteiger partial charge in [-0.3, -0.25) is 14.6 Å². The van der Waals surface area contributed by atoms with E-state index in [4.69, 9.17) is 14.2 Å². The van der Waals surface area contributed by atoms with Crippen molar-refractivity contribution in [1.82, 2.24) is 9.88 Å². The molecule has 1 N–H and O–H groups in total. The molecule has 1 fully saturated rings. The molecular formula is C30H32N2O6. The number of aromatic nitrogens is 1. The molecule has 0 bridgehead atoms. The number of pyridine rings is 1. The molecule has 2 heterocycles. The molecule has 1 atom stereocenters. The summed E-state index contributed by atoms with van der Waals surface area (Å²) in [6.45, 7) is 5.07. The van der Waals surface area contributed by atoms with Crippen LogP contribution < -0.4 is 14.2 Å². The van der Waals surface area contributed by atoms with Gasteiger partial charge < -0.3 is 24.2 Å². The maximum absolute atomic E-state index is 13.4. The van der Waals surface area contributed by atoms with Crippen LogP contribution in [0.15, 0.2) is 72.6 Å². The van der Waals surface area contributed by atoms with Crippen molar-refractivity contribution in [1.29, 1.82) is 0 Å². The zero-order chi connectivity index (χ0) is 27.1. The average Bonchev–Trinajstić information content (AvgIpc) is 3.18.